The Balaban J connectivity index is 1.44. The molecule has 4 N–H and O–H groups in total. The third-order valence-electron chi connectivity index (χ3n) is 14.1. The zero-order valence-corrected chi connectivity index (χ0v) is 42.4. The van der Waals surface area contributed by atoms with E-state index in [2.05, 4.69) is 22.5 Å². The molecule has 0 aromatic heterocycles. The first-order valence-corrected chi connectivity index (χ1v) is 24.7. The second-order valence-corrected chi connectivity index (χ2v) is 18.7. The topological polar surface area (TPSA) is 237 Å². The van der Waals surface area contributed by atoms with Gasteiger partial charge in [0.2, 0.25) is 11.8 Å². The van der Waals surface area contributed by atoms with Crippen molar-refractivity contribution in [3.63, 3.8) is 0 Å². The number of carbonyl (C=O) groups is 7. The van der Waals surface area contributed by atoms with Gasteiger partial charge in [0, 0.05) is 18.5 Å². The summed E-state index contributed by atoms with van der Waals surface area (Å²) in [5, 5.41) is 26.7. The second-order valence-electron chi connectivity index (χ2n) is 18.7. The van der Waals surface area contributed by atoms with Crippen LogP contribution in [0.1, 0.15) is 77.9 Å². The Kier molecular flexibility index (Phi) is 16.6. The Bertz CT molecular complexity index is 3000. The number of fused-ring (bicyclic) bond motifs is 3. The van der Waals surface area contributed by atoms with Crippen LogP contribution in [0.25, 0.3) is 0 Å². The molecule has 1 spiro atoms. The average molecular weight is 1040 g/mol. The second kappa shape index (κ2) is 23.4. The molecule has 5 aromatic carbocycles. The number of imide groups is 1. The Morgan fingerprint density at radius 3 is 1.95 bits per heavy atom. The maximum absolute atomic E-state index is 16.7. The molecule has 394 valence electrons. The van der Waals surface area contributed by atoms with Gasteiger partial charge in [-0.1, -0.05) is 129 Å². The summed E-state index contributed by atoms with van der Waals surface area (Å²) in [5.74, 6) is -2.77. The van der Waals surface area contributed by atoms with Crippen molar-refractivity contribution in [3.8, 4) is 17.6 Å². The molecule has 8 rings (SSSR count). The Labute approximate surface area is 439 Å². The van der Waals surface area contributed by atoms with Gasteiger partial charge in [-0.2, -0.15) is 0 Å². The minimum atomic E-state index is -2.29. The number of urea groups is 1. The summed E-state index contributed by atoms with van der Waals surface area (Å²) in [6.07, 6.45) is -2.64. The minimum Gasteiger partial charge on any atom is -0.491 e. The number of anilines is 1. The first kappa shape index (κ1) is 53.9. The number of aliphatic hydroxyl groups is 2. The molecule has 0 aliphatic carbocycles. The monoisotopic (exact) mass is 1030 g/mol. The van der Waals surface area contributed by atoms with Crippen LogP contribution >= 0.6 is 0 Å². The summed E-state index contributed by atoms with van der Waals surface area (Å²) in [5.41, 5.74) is 0.0448. The molecule has 2 saturated heterocycles. The van der Waals surface area contributed by atoms with E-state index in [1.54, 1.807) is 80.6 Å². The average Bonchev–Trinajstić information content (AvgIpc) is 4.13. The highest BCUT2D eigenvalue weighted by Gasteiger charge is 2.75. The van der Waals surface area contributed by atoms with Crippen molar-refractivity contribution in [3.05, 3.63) is 167 Å². The number of carbonyl (C=O) groups excluding carboxylic acids is 7. The van der Waals surface area contributed by atoms with Crippen LogP contribution in [0.3, 0.4) is 0 Å². The van der Waals surface area contributed by atoms with Crippen LogP contribution in [-0.4, -0.2) is 110 Å². The van der Waals surface area contributed by atoms with Gasteiger partial charge in [0.05, 0.1) is 57.7 Å². The number of aliphatic hydroxyl groups excluding tert-OH is 2. The molecular formula is C58H58N4O14. The Morgan fingerprint density at radius 2 is 1.36 bits per heavy atom. The fraction of sp³-hybridized carbons (Fsp3) is 0.328. The predicted octanol–water partition coefficient (Wildman–Crippen LogP) is 5.18. The van der Waals surface area contributed by atoms with Gasteiger partial charge >= 0.3 is 29.9 Å². The van der Waals surface area contributed by atoms with E-state index in [-0.39, 0.29) is 43.0 Å². The molecule has 0 unspecified atom stereocenters. The van der Waals surface area contributed by atoms with Crippen LogP contribution < -0.4 is 20.3 Å². The van der Waals surface area contributed by atoms with E-state index in [9.17, 15) is 24.6 Å². The first-order chi connectivity index (χ1) is 36.7. The number of rotatable bonds is 16. The summed E-state index contributed by atoms with van der Waals surface area (Å²) in [6.45, 7) is 2.66. The summed E-state index contributed by atoms with van der Waals surface area (Å²) >= 11 is 0. The van der Waals surface area contributed by atoms with Crippen LogP contribution in [-0.2, 0) is 53.1 Å². The van der Waals surface area contributed by atoms with E-state index < -0.39 is 101 Å². The van der Waals surface area contributed by atoms with E-state index in [1.807, 2.05) is 53.4 Å². The summed E-state index contributed by atoms with van der Waals surface area (Å²) < 4.78 is 27.1. The molecule has 3 aliphatic heterocycles. The summed E-state index contributed by atoms with van der Waals surface area (Å²) in [4.78, 5) is 105. The number of ether oxygens (including phenoxy) is 5. The van der Waals surface area contributed by atoms with Crippen molar-refractivity contribution >= 4 is 47.4 Å². The zero-order chi connectivity index (χ0) is 54.3. The van der Waals surface area contributed by atoms with Crippen LogP contribution in [0.2, 0.25) is 0 Å². The molecule has 5 aromatic rings. The van der Waals surface area contributed by atoms with Crippen LogP contribution in [0.15, 0.2) is 133 Å². The molecule has 76 heavy (non-hydrogen) atoms. The fourth-order valence-electron chi connectivity index (χ4n) is 10.6. The van der Waals surface area contributed by atoms with Gasteiger partial charge in [-0.3, -0.25) is 28.9 Å². The SMILES string of the molecule is COC(=O)C(CC#Cc1ccc2c(c1)[C@]1(C(=O)N2C(=O)N[C@H](C(=O)OC)C(C)C)[C@H](c2ccc(OCCO)cc2)N2[C@H](c3ccccc3)[C@H](c3ccccc3)OC(=O)[C@H]2[C@@H]1C(=O)NC[C@H](O)c1ccccc1)C(=O)OC. The van der Waals surface area contributed by atoms with E-state index in [1.165, 1.54) is 25.3 Å². The highest BCUT2D eigenvalue weighted by atomic mass is 16.6. The molecule has 0 radical (unpaired) electrons. The smallest absolute Gasteiger partial charge is 0.329 e. The normalized spacial score (nSPS) is 21.3. The predicted molar refractivity (Wildman–Crippen MR) is 274 cm³/mol. The molecule has 3 aliphatic rings. The van der Waals surface area contributed by atoms with Crippen molar-refractivity contribution in [1.82, 2.24) is 15.5 Å². The largest absolute Gasteiger partial charge is 0.491 e. The molecule has 0 saturated carbocycles. The summed E-state index contributed by atoms with van der Waals surface area (Å²) in [6, 6.07) is 31.7. The van der Waals surface area contributed by atoms with Crippen molar-refractivity contribution in [1.29, 1.82) is 0 Å². The van der Waals surface area contributed by atoms with Crippen molar-refractivity contribution < 1.29 is 67.5 Å². The van der Waals surface area contributed by atoms with Crippen molar-refractivity contribution in [2.24, 2.45) is 17.8 Å². The summed E-state index contributed by atoms with van der Waals surface area (Å²) in [7, 11) is 3.41. The van der Waals surface area contributed by atoms with Crippen molar-refractivity contribution in [2.45, 2.75) is 62.1 Å². The molecular weight excluding hydrogens is 977 g/mol. The van der Waals surface area contributed by atoms with Gasteiger partial charge < -0.3 is 44.5 Å². The van der Waals surface area contributed by atoms with Crippen LogP contribution in [0.4, 0.5) is 10.5 Å². The molecule has 18 nitrogen and oxygen atoms in total. The quantitative estimate of drug-likeness (QED) is 0.0431. The number of cyclic esters (lactones) is 1. The first-order valence-electron chi connectivity index (χ1n) is 24.7. The van der Waals surface area contributed by atoms with Gasteiger partial charge in [-0.05, 0) is 64.1 Å². The maximum atomic E-state index is 16.7. The molecule has 18 heteroatoms. The Morgan fingerprint density at radius 1 is 0.750 bits per heavy atom. The fourth-order valence-corrected chi connectivity index (χ4v) is 10.6. The number of benzene rings is 5. The molecule has 2 fully saturated rings. The van der Waals surface area contributed by atoms with Crippen molar-refractivity contribution in [2.75, 3.05) is 46.0 Å². The van der Waals surface area contributed by atoms with E-state index >= 15 is 19.2 Å². The van der Waals surface area contributed by atoms with Gasteiger partial charge in [0.15, 0.2) is 5.92 Å². The lowest BCUT2D eigenvalue weighted by atomic mass is 9.65. The highest BCUT2D eigenvalue weighted by Crippen LogP contribution is 2.66. The number of nitrogens with zero attached hydrogens (tertiary/aromatic N) is 2. The van der Waals surface area contributed by atoms with Crippen LogP contribution in [0, 0.1) is 29.6 Å². The van der Waals surface area contributed by atoms with Gasteiger partial charge in [-0.25, -0.2) is 14.5 Å². The number of morpholine rings is 1. The van der Waals surface area contributed by atoms with Gasteiger partial charge in [0.25, 0.3) is 0 Å². The third-order valence-corrected chi connectivity index (χ3v) is 14.1. The molecule has 8 atom stereocenters. The van der Waals surface area contributed by atoms with E-state index in [4.69, 9.17) is 23.7 Å². The lowest BCUT2D eigenvalue weighted by Gasteiger charge is -2.46. The number of methoxy groups -OCH3 is 3. The standard InChI is InChI=1S/C58H58N4O14/c1-34(2)46(54(68)74-5)60-57(71)61-43-29-24-35(16-15-23-41(52(66)72-3)53(67)73-4)32-42(43)58(56(61)70)45(51(65)59-33-44(64)36-17-9-6-10-18-36)48-55(69)76-49(38-21-13-8-14-22-38)47(37-19-11-7-12-20-37)62(48)50(58)39-25-27-40(28-26-39)75-31-30-63/h6-14,17-22,24-29,32,34,41,44-50,63-64H,23,30-31,33H2,1-5H3,(H,59,65)(H,60,71)/t44-,45+,46-,47+,48+,49-,50-,58+/m0/s1. The third kappa shape index (κ3) is 10.2. The zero-order valence-electron chi connectivity index (χ0n) is 42.4. The number of amides is 4. The molecule has 4 amide bonds. The number of esters is 4. The number of hydrogen-bond acceptors (Lipinski definition) is 15. The number of nitrogens with one attached hydrogen (secondary N) is 2. The van der Waals surface area contributed by atoms with Crippen LogP contribution in [0.5, 0.6) is 5.75 Å². The maximum Gasteiger partial charge on any atom is 0.329 e. The van der Waals surface area contributed by atoms with Gasteiger partial charge in [-0.15, -0.1) is 0 Å². The lowest BCUT2D eigenvalue weighted by molar-refractivity contribution is -0.178. The van der Waals surface area contributed by atoms with E-state index in [0.717, 1.165) is 19.1 Å². The molecule has 0 bridgehead atoms. The Hall–Kier alpha value is -8.37. The minimum absolute atomic E-state index is 0.0264. The van der Waals surface area contributed by atoms with Gasteiger partial charge in [0.1, 0.15) is 36.0 Å². The number of hydrogen-bond donors (Lipinski definition) is 4. The molecule has 3 heterocycles. The lowest BCUT2D eigenvalue weighted by Crippen LogP contribution is -2.58. The highest BCUT2D eigenvalue weighted by molar-refractivity contribution is 6.25. The van der Waals surface area contributed by atoms with E-state index in [0.29, 0.717) is 28.0 Å².